The van der Waals surface area contributed by atoms with Gasteiger partial charge in [0.05, 0.1) is 4.90 Å². The minimum atomic E-state index is -3.34. The Morgan fingerprint density at radius 3 is 2.12 bits per heavy atom. The predicted octanol–water partition coefficient (Wildman–Crippen LogP) is 3.92. The average Bonchev–Trinajstić information content (AvgIpc) is 2.92. The Morgan fingerprint density at radius 2 is 1.54 bits per heavy atom. The number of benzene rings is 1. The summed E-state index contributed by atoms with van der Waals surface area (Å²) in [5.41, 5.74) is 1.21. The summed E-state index contributed by atoms with van der Waals surface area (Å²) < 4.78 is 27.5. The van der Waals surface area contributed by atoms with Gasteiger partial charge >= 0.3 is 0 Å². The Kier molecular flexibility index (Phi) is 7.12. The molecule has 0 atom stereocenters. The van der Waals surface area contributed by atoms with Crippen LogP contribution in [0, 0.1) is 5.92 Å². The molecule has 0 radical (unpaired) electrons. The molecule has 2 fully saturated rings. The Labute approximate surface area is 159 Å². The Hall–Kier alpha value is -0.910. The van der Waals surface area contributed by atoms with Crippen LogP contribution < -0.4 is 0 Å². The van der Waals surface area contributed by atoms with E-state index < -0.39 is 10.0 Å². The Bertz CT molecular complexity index is 641. The predicted molar refractivity (Wildman–Crippen MR) is 107 cm³/mol. The zero-order valence-corrected chi connectivity index (χ0v) is 17.0. The number of aryl methyl sites for hydroxylation is 1. The van der Waals surface area contributed by atoms with Gasteiger partial charge in [0.2, 0.25) is 10.0 Å². The third-order valence-corrected chi connectivity index (χ3v) is 7.80. The molecule has 4 nitrogen and oxygen atoms in total. The van der Waals surface area contributed by atoms with Crippen LogP contribution in [-0.4, -0.2) is 50.3 Å². The van der Waals surface area contributed by atoms with E-state index in [0.717, 1.165) is 32.2 Å². The lowest BCUT2D eigenvalue weighted by atomic mass is 9.97. The molecule has 0 bridgehead atoms. The summed E-state index contributed by atoms with van der Waals surface area (Å²) in [6.07, 6.45) is 9.43. The smallest absolute Gasteiger partial charge is 0.243 e. The molecule has 0 aliphatic carbocycles. The number of piperidine rings is 1. The van der Waals surface area contributed by atoms with Gasteiger partial charge < -0.3 is 4.90 Å². The minimum absolute atomic E-state index is 0.448. The van der Waals surface area contributed by atoms with E-state index in [0.29, 0.717) is 23.9 Å². The molecule has 0 amide bonds. The molecule has 0 spiro atoms. The summed E-state index contributed by atoms with van der Waals surface area (Å²) in [5.74, 6) is 0.645. The minimum Gasteiger partial charge on any atom is -0.303 e. The van der Waals surface area contributed by atoms with E-state index >= 15 is 0 Å². The highest BCUT2D eigenvalue weighted by molar-refractivity contribution is 7.89. The van der Waals surface area contributed by atoms with E-state index in [1.165, 1.54) is 44.3 Å². The number of hydrogen-bond donors (Lipinski definition) is 0. The molecular formula is C21H34N2O2S. The summed E-state index contributed by atoms with van der Waals surface area (Å²) in [7, 11) is -3.34. The van der Waals surface area contributed by atoms with Gasteiger partial charge in [0.25, 0.3) is 0 Å². The molecule has 2 saturated heterocycles. The molecule has 0 unspecified atom stereocenters. The van der Waals surface area contributed by atoms with Crippen LogP contribution in [0.1, 0.15) is 57.4 Å². The molecule has 0 N–H and O–H groups in total. The number of sulfonamides is 1. The quantitative estimate of drug-likeness (QED) is 0.753. The maximum absolute atomic E-state index is 12.9. The van der Waals surface area contributed by atoms with Crippen LogP contribution in [0.25, 0.3) is 0 Å². The van der Waals surface area contributed by atoms with Gasteiger partial charge in [-0.15, -0.1) is 0 Å². The first-order valence-electron chi connectivity index (χ1n) is 10.4. The van der Waals surface area contributed by atoms with Crippen molar-refractivity contribution in [3.05, 3.63) is 29.8 Å². The van der Waals surface area contributed by atoms with Gasteiger partial charge in [-0.1, -0.05) is 38.3 Å². The second-order valence-corrected chi connectivity index (χ2v) is 9.89. The highest BCUT2D eigenvalue weighted by Crippen LogP contribution is 2.25. The van der Waals surface area contributed by atoms with Gasteiger partial charge in [-0.3, -0.25) is 0 Å². The maximum atomic E-state index is 12.9. The second-order valence-electron chi connectivity index (χ2n) is 7.96. The molecule has 146 valence electrons. The first-order valence-corrected chi connectivity index (χ1v) is 11.8. The van der Waals surface area contributed by atoms with E-state index in [1.54, 1.807) is 16.4 Å². The summed E-state index contributed by atoms with van der Waals surface area (Å²) in [5, 5.41) is 0. The number of rotatable bonds is 6. The van der Waals surface area contributed by atoms with Crippen LogP contribution in [-0.2, 0) is 16.4 Å². The van der Waals surface area contributed by atoms with E-state index in [1.807, 2.05) is 12.1 Å². The molecule has 1 aromatic carbocycles. The maximum Gasteiger partial charge on any atom is 0.243 e. The van der Waals surface area contributed by atoms with Crippen molar-refractivity contribution in [1.29, 1.82) is 0 Å². The van der Waals surface area contributed by atoms with Crippen molar-refractivity contribution in [2.24, 2.45) is 5.92 Å². The van der Waals surface area contributed by atoms with Crippen LogP contribution >= 0.6 is 0 Å². The van der Waals surface area contributed by atoms with Crippen LogP contribution in [0.3, 0.4) is 0 Å². The molecule has 0 aromatic heterocycles. The molecular weight excluding hydrogens is 344 g/mol. The normalized spacial score (nSPS) is 21.6. The van der Waals surface area contributed by atoms with Crippen LogP contribution in [0.15, 0.2) is 29.2 Å². The van der Waals surface area contributed by atoms with Crippen LogP contribution in [0.4, 0.5) is 0 Å². The zero-order valence-electron chi connectivity index (χ0n) is 16.2. The van der Waals surface area contributed by atoms with E-state index in [-0.39, 0.29) is 0 Å². The fourth-order valence-corrected chi connectivity index (χ4v) is 5.75. The zero-order chi connectivity index (χ0) is 18.4. The first kappa shape index (κ1) is 19.8. The summed E-state index contributed by atoms with van der Waals surface area (Å²) in [6, 6.07) is 7.48. The monoisotopic (exact) mass is 378 g/mol. The van der Waals surface area contributed by atoms with Crippen LogP contribution in [0.2, 0.25) is 0 Å². The van der Waals surface area contributed by atoms with Gasteiger partial charge in [-0.25, -0.2) is 8.42 Å². The highest BCUT2D eigenvalue weighted by atomic mass is 32.2. The Balaban J connectivity index is 1.54. The SMILES string of the molecule is CCCc1ccc(S(=O)(=O)N2CCC(CN3CCCCCC3)CC2)cc1. The molecule has 2 aliphatic rings. The topological polar surface area (TPSA) is 40.6 Å². The van der Waals surface area contributed by atoms with Crippen molar-refractivity contribution >= 4 is 10.0 Å². The third kappa shape index (κ3) is 5.08. The second kappa shape index (κ2) is 9.34. The highest BCUT2D eigenvalue weighted by Gasteiger charge is 2.30. The number of nitrogens with zero attached hydrogens (tertiary/aromatic N) is 2. The standard InChI is InChI=1S/C21H34N2O2S/c1-2-7-19-8-10-21(11-9-19)26(24,25)23-16-12-20(13-17-23)18-22-14-5-3-4-6-15-22/h8-11,20H,2-7,12-18H2,1H3. The summed E-state index contributed by atoms with van der Waals surface area (Å²) in [4.78, 5) is 3.05. The van der Waals surface area contributed by atoms with Gasteiger partial charge in [0.15, 0.2) is 0 Å². The Morgan fingerprint density at radius 1 is 0.923 bits per heavy atom. The fourth-order valence-electron chi connectivity index (χ4n) is 4.28. The van der Waals surface area contributed by atoms with Crippen LogP contribution in [0.5, 0.6) is 0 Å². The molecule has 0 saturated carbocycles. The van der Waals surface area contributed by atoms with Gasteiger partial charge in [0, 0.05) is 19.6 Å². The van der Waals surface area contributed by atoms with Gasteiger partial charge in [0.1, 0.15) is 0 Å². The lowest BCUT2D eigenvalue weighted by Crippen LogP contribution is -2.41. The van der Waals surface area contributed by atoms with E-state index in [9.17, 15) is 8.42 Å². The third-order valence-electron chi connectivity index (χ3n) is 5.89. The van der Waals surface area contributed by atoms with E-state index in [2.05, 4.69) is 11.8 Å². The van der Waals surface area contributed by atoms with Crippen molar-refractivity contribution in [1.82, 2.24) is 9.21 Å². The number of likely N-dealkylation sites (tertiary alicyclic amines) is 1. The lowest BCUT2D eigenvalue weighted by Gasteiger charge is -2.34. The molecule has 3 rings (SSSR count). The van der Waals surface area contributed by atoms with E-state index in [4.69, 9.17) is 0 Å². The fraction of sp³-hybridized carbons (Fsp3) is 0.714. The molecule has 5 heteroatoms. The van der Waals surface area contributed by atoms with Crippen molar-refractivity contribution in [2.75, 3.05) is 32.7 Å². The molecule has 1 aromatic rings. The van der Waals surface area contributed by atoms with Crippen molar-refractivity contribution in [3.63, 3.8) is 0 Å². The number of hydrogen-bond acceptors (Lipinski definition) is 3. The van der Waals surface area contributed by atoms with Gasteiger partial charge in [-0.2, -0.15) is 4.31 Å². The van der Waals surface area contributed by atoms with Crippen molar-refractivity contribution in [3.8, 4) is 0 Å². The molecule has 2 heterocycles. The average molecular weight is 379 g/mol. The lowest BCUT2D eigenvalue weighted by molar-refractivity contribution is 0.186. The van der Waals surface area contributed by atoms with Gasteiger partial charge in [-0.05, 0) is 68.8 Å². The first-order chi connectivity index (χ1) is 12.6. The van der Waals surface area contributed by atoms with Crippen molar-refractivity contribution in [2.45, 2.75) is 63.2 Å². The molecule has 26 heavy (non-hydrogen) atoms. The summed E-state index contributed by atoms with van der Waals surface area (Å²) in [6.45, 7) is 7.07. The molecule has 2 aliphatic heterocycles. The summed E-state index contributed by atoms with van der Waals surface area (Å²) >= 11 is 0. The largest absolute Gasteiger partial charge is 0.303 e. The van der Waals surface area contributed by atoms with Crippen molar-refractivity contribution < 1.29 is 8.42 Å².